The number of ether oxygens (including phenoxy) is 1. The zero-order chi connectivity index (χ0) is 21.8. The van der Waals surface area contributed by atoms with Crippen LogP contribution in [0.3, 0.4) is 0 Å². The molecule has 1 heterocycles. The quantitative estimate of drug-likeness (QED) is 0.305. The maximum Gasteiger partial charge on any atom is 0.311 e. The van der Waals surface area contributed by atoms with Gasteiger partial charge < -0.3 is 15.0 Å². The van der Waals surface area contributed by atoms with Crippen LogP contribution in [-0.4, -0.2) is 33.9 Å². The highest BCUT2D eigenvalue weighted by Crippen LogP contribution is 2.37. The van der Waals surface area contributed by atoms with Gasteiger partial charge >= 0.3 is 5.69 Å². The van der Waals surface area contributed by atoms with E-state index in [2.05, 4.69) is 5.32 Å². The third-order valence-electron chi connectivity index (χ3n) is 5.01. The van der Waals surface area contributed by atoms with E-state index >= 15 is 0 Å². The number of allylic oxidation sites excluding steroid dienone is 1. The Kier molecular flexibility index (Phi) is 6.47. The first-order valence-corrected chi connectivity index (χ1v) is 10.1. The number of hydrogen-bond acceptors (Lipinski definition) is 5. The van der Waals surface area contributed by atoms with Crippen LogP contribution in [0.5, 0.6) is 5.75 Å². The average molecular weight is 426 g/mol. The minimum absolute atomic E-state index is 0.149. The Morgan fingerprint density at radius 3 is 2.53 bits per heavy atom. The second kappa shape index (κ2) is 9.04. The predicted molar refractivity (Wildman–Crippen MR) is 119 cm³/mol. The van der Waals surface area contributed by atoms with E-state index in [0.717, 1.165) is 5.70 Å². The number of carbonyl (C=O) groups is 1. The molecule has 1 aliphatic heterocycles. The van der Waals surface area contributed by atoms with Crippen molar-refractivity contribution in [1.82, 2.24) is 10.2 Å². The molecule has 0 radical (unpaired) electrons. The smallest absolute Gasteiger partial charge is 0.311 e. The SMILES string of the molecule is CCOc1ccc(C2NC(=S)N(CC)C(C)=C2C(=O)c2ccccc2)cc1[N+](=O)[O-]. The first-order valence-electron chi connectivity index (χ1n) is 9.68. The Balaban J connectivity index is 2.15. The molecule has 0 amide bonds. The third-order valence-corrected chi connectivity index (χ3v) is 5.34. The Morgan fingerprint density at radius 1 is 1.23 bits per heavy atom. The fourth-order valence-electron chi connectivity index (χ4n) is 3.59. The molecule has 1 unspecified atom stereocenters. The molecule has 0 saturated heterocycles. The lowest BCUT2D eigenvalue weighted by Gasteiger charge is -2.37. The predicted octanol–water partition coefficient (Wildman–Crippen LogP) is 4.40. The summed E-state index contributed by atoms with van der Waals surface area (Å²) in [6.07, 6.45) is 0. The van der Waals surface area contributed by atoms with Crippen LogP contribution < -0.4 is 10.1 Å². The molecule has 0 bridgehead atoms. The lowest BCUT2D eigenvalue weighted by Crippen LogP contribution is -2.47. The Labute approximate surface area is 180 Å². The van der Waals surface area contributed by atoms with Crippen LogP contribution in [0.15, 0.2) is 59.8 Å². The molecule has 1 atom stereocenters. The molecule has 1 aliphatic rings. The van der Waals surface area contributed by atoms with E-state index in [1.807, 2.05) is 24.8 Å². The molecule has 156 valence electrons. The molecule has 0 spiro atoms. The van der Waals surface area contributed by atoms with Crippen molar-refractivity contribution in [2.45, 2.75) is 26.8 Å². The summed E-state index contributed by atoms with van der Waals surface area (Å²) in [5.74, 6) is 0.0412. The van der Waals surface area contributed by atoms with Crippen LogP contribution in [0.25, 0.3) is 0 Å². The van der Waals surface area contributed by atoms with E-state index in [-0.39, 0.29) is 17.2 Å². The molecule has 0 fully saturated rings. The van der Waals surface area contributed by atoms with Gasteiger partial charge in [-0.15, -0.1) is 0 Å². The van der Waals surface area contributed by atoms with Gasteiger partial charge in [0.15, 0.2) is 16.6 Å². The number of carbonyl (C=O) groups excluding carboxylic acids is 1. The molecule has 0 saturated carbocycles. The highest BCUT2D eigenvalue weighted by atomic mass is 32.1. The molecule has 30 heavy (non-hydrogen) atoms. The number of thiocarbonyl (C=S) groups is 1. The van der Waals surface area contributed by atoms with Gasteiger partial charge in [0, 0.05) is 29.4 Å². The lowest BCUT2D eigenvalue weighted by molar-refractivity contribution is -0.385. The summed E-state index contributed by atoms with van der Waals surface area (Å²) >= 11 is 5.50. The van der Waals surface area contributed by atoms with E-state index in [0.29, 0.717) is 35.0 Å². The van der Waals surface area contributed by atoms with Crippen molar-refractivity contribution in [2.24, 2.45) is 0 Å². The van der Waals surface area contributed by atoms with Gasteiger partial charge in [-0.25, -0.2) is 0 Å². The van der Waals surface area contributed by atoms with Crippen molar-refractivity contribution in [3.63, 3.8) is 0 Å². The largest absolute Gasteiger partial charge is 0.487 e. The summed E-state index contributed by atoms with van der Waals surface area (Å²) in [6.45, 7) is 6.47. The van der Waals surface area contributed by atoms with E-state index in [9.17, 15) is 14.9 Å². The summed E-state index contributed by atoms with van der Waals surface area (Å²) in [7, 11) is 0. The fourth-order valence-corrected chi connectivity index (χ4v) is 3.97. The molecule has 2 aromatic carbocycles. The maximum absolute atomic E-state index is 13.4. The molecule has 3 rings (SSSR count). The van der Waals surface area contributed by atoms with Crippen molar-refractivity contribution in [3.05, 3.63) is 81.0 Å². The molecular formula is C22H23N3O4S. The van der Waals surface area contributed by atoms with E-state index in [4.69, 9.17) is 17.0 Å². The number of ketones is 1. The Hall–Kier alpha value is -3.26. The number of nitro benzene ring substituents is 1. The van der Waals surface area contributed by atoms with Gasteiger partial charge in [0.2, 0.25) is 0 Å². The highest BCUT2D eigenvalue weighted by Gasteiger charge is 2.34. The molecule has 0 aliphatic carbocycles. The van der Waals surface area contributed by atoms with Crippen LogP contribution >= 0.6 is 12.2 Å². The van der Waals surface area contributed by atoms with Crippen LogP contribution in [-0.2, 0) is 0 Å². The molecule has 1 N–H and O–H groups in total. The summed E-state index contributed by atoms with van der Waals surface area (Å²) in [5.41, 5.74) is 2.21. The van der Waals surface area contributed by atoms with Gasteiger partial charge in [0.05, 0.1) is 17.6 Å². The van der Waals surface area contributed by atoms with Gasteiger partial charge in [-0.05, 0) is 44.6 Å². The second-order valence-corrected chi connectivity index (χ2v) is 7.12. The lowest BCUT2D eigenvalue weighted by atomic mass is 9.89. The molecule has 0 aromatic heterocycles. The summed E-state index contributed by atoms with van der Waals surface area (Å²) in [6, 6.07) is 13.1. The van der Waals surface area contributed by atoms with E-state index in [1.165, 1.54) is 6.07 Å². The first kappa shape index (κ1) is 21.4. The van der Waals surface area contributed by atoms with Crippen LogP contribution in [0.2, 0.25) is 0 Å². The number of hydrogen-bond donors (Lipinski definition) is 1. The Morgan fingerprint density at radius 2 is 1.93 bits per heavy atom. The standard InChI is InChI=1S/C22H23N3O4S/c1-4-24-14(3)19(21(26)15-9-7-6-8-10-15)20(23-22(24)30)16-11-12-18(29-5-2)17(13-16)25(27)28/h6-13,20H,4-5H2,1-3H3,(H,23,30). The number of benzene rings is 2. The van der Waals surface area contributed by atoms with Gasteiger partial charge in [-0.3, -0.25) is 14.9 Å². The average Bonchev–Trinajstić information content (AvgIpc) is 2.74. The zero-order valence-corrected chi connectivity index (χ0v) is 17.9. The normalized spacial score (nSPS) is 16.3. The summed E-state index contributed by atoms with van der Waals surface area (Å²) in [5, 5.41) is 15.3. The number of rotatable bonds is 7. The van der Waals surface area contributed by atoms with Crippen molar-refractivity contribution >= 4 is 28.8 Å². The van der Waals surface area contributed by atoms with Crippen molar-refractivity contribution in [1.29, 1.82) is 0 Å². The third kappa shape index (κ3) is 4.04. The molecule has 7 nitrogen and oxygen atoms in total. The van der Waals surface area contributed by atoms with E-state index < -0.39 is 11.0 Å². The van der Waals surface area contributed by atoms with Crippen LogP contribution in [0.4, 0.5) is 5.69 Å². The molecule has 8 heteroatoms. The van der Waals surface area contributed by atoms with Crippen molar-refractivity contribution in [3.8, 4) is 5.75 Å². The van der Waals surface area contributed by atoms with E-state index in [1.54, 1.807) is 43.3 Å². The van der Waals surface area contributed by atoms with Gasteiger partial charge in [0.1, 0.15) is 0 Å². The van der Waals surface area contributed by atoms with Gasteiger partial charge in [-0.1, -0.05) is 36.4 Å². The first-order chi connectivity index (χ1) is 14.4. The summed E-state index contributed by atoms with van der Waals surface area (Å²) < 4.78 is 5.39. The summed E-state index contributed by atoms with van der Waals surface area (Å²) in [4.78, 5) is 26.4. The topological polar surface area (TPSA) is 84.7 Å². The minimum atomic E-state index is -0.609. The molecular weight excluding hydrogens is 402 g/mol. The van der Waals surface area contributed by atoms with Crippen LogP contribution in [0.1, 0.15) is 42.7 Å². The van der Waals surface area contributed by atoms with Crippen molar-refractivity contribution < 1.29 is 14.5 Å². The number of nitrogens with zero attached hydrogens (tertiary/aromatic N) is 2. The minimum Gasteiger partial charge on any atom is -0.487 e. The van der Waals surface area contributed by atoms with Gasteiger partial charge in [-0.2, -0.15) is 0 Å². The maximum atomic E-state index is 13.4. The number of Topliss-reactive ketones (excluding diaryl/α,β-unsaturated/α-hetero) is 1. The molecule has 2 aromatic rings. The monoisotopic (exact) mass is 425 g/mol. The zero-order valence-electron chi connectivity index (χ0n) is 17.0. The fraction of sp³-hybridized carbons (Fsp3) is 0.273. The highest BCUT2D eigenvalue weighted by molar-refractivity contribution is 7.80. The number of nitrogens with one attached hydrogen (secondary N) is 1. The Bertz CT molecular complexity index is 1020. The second-order valence-electron chi connectivity index (χ2n) is 6.74. The van der Waals surface area contributed by atoms with Crippen LogP contribution in [0, 0.1) is 10.1 Å². The van der Waals surface area contributed by atoms with Gasteiger partial charge in [0.25, 0.3) is 0 Å². The number of nitro groups is 1. The van der Waals surface area contributed by atoms with Crippen molar-refractivity contribution in [2.75, 3.05) is 13.2 Å².